The van der Waals surface area contributed by atoms with Crippen molar-refractivity contribution in [2.45, 2.75) is 25.3 Å². The molecule has 0 bridgehead atoms. The first-order chi connectivity index (χ1) is 10.2. The van der Waals surface area contributed by atoms with Crippen molar-refractivity contribution >= 4 is 18.3 Å². The molecule has 2 aromatic rings. The van der Waals surface area contributed by atoms with Crippen LogP contribution < -0.4 is 5.73 Å². The third-order valence-electron chi connectivity index (χ3n) is 3.95. The van der Waals surface area contributed by atoms with Crippen molar-refractivity contribution in [2.24, 2.45) is 5.73 Å². The summed E-state index contributed by atoms with van der Waals surface area (Å²) in [7, 11) is 0. The monoisotopic (exact) mass is 320 g/mol. The van der Waals surface area contributed by atoms with Gasteiger partial charge >= 0.3 is 0 Å². The molecule has 0 atom stereocenters. The minimum Gasteiger partial charge on any atom is -0.342 e. The van der Waals surface area contributed by atoms with Crippen molar-refractivity contribution in [3.05, 3.63) is 48.3 Å². The van der Waals surface area contributed by atoms with Crippen molar-refractivity contribution in [1.82, 2.24) is 14.7 Å². The maximum Gasteiger partial charge on any atom is 0.226 e. The molecule has 3 rings (SSSR count). The van der Waals surface area contributed by atoms with Crippen LogP contribution in [0.25, 0.3) is 5.69 Å². The number of rotatable bonds is 3. The van der Waals surface area contributed by atoms with E-state index < -0.39 is 0 Å². The van der Waals surface area contributed by atoms with Crippen molar-refractivity contribution in [2.75, 3.05) is 13.1 Å². The zero-order valence-corrected chi connectivity index (χ0v) is 13.2. The van der Waals surface area contributed by atoms with E-state index in [1.165, 1.54) is 0 Å². The van der Waals surface area contributed by atoms with Gasteiger partial charge in [-0.05, 0) is 36.6 Å². The molecular formula is C16H21ClN4O. The Morgan fingerprint density at radius 3 is 2.50 bits per heavy atom. The second-order valence-electron chi connectivity index (χ2n) is 5.51. The molecule has 1 fully saturated rings. The van der Waals surface area contributed by atoms with Crippen LogP contribution >= 0.6 is 12.4 Å². The third kappa shape index (κ3) is 3.87. The summed E-state index contributed by atoms with van der Waals surface area (Å²) in [5, 5.41) is 4.19. The Hall–Kier alpha value is -1.85. The average molecular weight is 321 g/mol. The normalized spacial score (nSPS) is 15.4. The van der Waals surface area contributed by atoms with Gasteiger partial charge in [0.25, 0.3) is 0 Å². The highest BCUT2D eigenvalue weighted by Crippen LogP contribution is 2.13. The van der Waals surface area contributed by atoms with Crippen LogP contribution in [-0.2, 0) is 11.2 Å². The van der Waals surface area contributed by atoms with Crippen molar-refractivity contribution in [3.63, 3.8) is 0 Å². The summed E-state index contributed by atoms with van der Waals surface area (Å²) >= 11 is 0. The second-order valence-corrected chi connectivity index (χ2v) is 5.51. The topological polar surface area (TPSA) is 64.2 Å². The molecule has 1 amide bonds. The number of nitrogens with zero attached hydrogens (tertiary/aromatic N) is 3. The highest BCUT2D eigenvalue weighted by atomic mass is 35.5. The maximum absolute atomic E-state index is 12.3. The zero-order chi connectivity index (χ0) is 14.7. The number of nitrogens with two attached hydrogens (primary N) is 1. The first kappa shape index (κ1) is 16.5. The molecule has 0 aliphatic carbocycles. The summed E-state index contributed by atoms with van der Waals surface area (Å²) in [5.74, 6) is 0.189. The third-order valence-corrected chi connectivity index (χ3v) is 3.95. The predicted molar refractivity (Wildman–Crippen MR) is 88.3 cm³/mol. The maximum atomic E-state index is 12.3. The van der Waals surface area contributed by atoms with E-state index in [1.54, 1.807) is 10.9 Å². The van der Waals surface area contributed by atoms with Gasteiger partial charge in [0.15, 0.2) is 0 Å². The highest BCUT2D eigenvalue weighted by Gasteiger charge is 2.20. The Bertz CT molecular complexity index is 589. The Kier molecular flexibility index (Phi) is 5.57. The molecule has 0 spiro atoms. The molecule has 1 aromatic heterocycles. The van der Waals surface area contributed by atoms with Gasteiger partial charge in [-0.25, -0.2) is 4.68 Å². The van der Waals surface area contributed by atoms with Gasteiger partial charge in [-0.15, -0.1) is 12.4 Å². The van der Waals surface area contributed by atoms with Gasteiger partial charge in [-0.1, -0.05) is 12.1 Å². The number of hydrogen-bond donors (Lipinski definition) is 1. The predicted octanol–water partition coefficient (Wildman–Crippen LogP) is 1.79. The minimum atomic E-state index is 0. The van der Waals surface area contributed by atoms with Crippen LogP contribution in [0.5, 0.6) is 0 Å². The van der Waals surface area contributed by atoms with Crippen LogP contribution in [-0.4, -0.2) is 39.7 Å². The van der Waals surface area contributed by atoms with Gasteiger partial charge in [0.2, 0.25) is 5.91 Å². The fourth-order valence-electron chi connectivity index (χ4n) is 2.62. The average Bonchev–Trinajstić information content (AvgIpc) is 3.03. The Balaban J connectivity index is 0.00000176. The van der Waals surface area contributed by atoms with E-state index in [9.17, 15) is 4.79 Å². The van der Waals surface area contributed by atoms with E-state index >= 15 is 0 Å². The van der Waals surface area contributed by atoms with Gasteiger partial charge in [0.1, 0.15) is 0 Å². The lowest BCUT2D eigenvalue weighted by Gasteiger charge is -2.30. The molecule has 1 aliphatic rings. The lowest BCUT2D eigenvalue weighted by atomic mass is 10.0. The quantitative estimate of drug-likeness (QED) is 0.937. The van der Waals surface area contributed by atoms with Gasteiger partial charge in [-0.3, -0.25) is 4.79 Å². The molecule has 1 saturated heterocycles. The SMILES string of the molecule is Cl.NC1CCN(C(=O)Cc2ccc(-n3cccn3)cc2)CC1. The molecule has 0 saturated carbocycles. The Labute approximate surface area is 136 Å². The second kappa shape index (κ2) is 7.42. The number of piperidine rings is 1. The van der Waals surface area contributed by atoms with Crippen LogP contribution in [0.3, 0.4) is 0 Å². The number of likely N-dealkylation sites (tertiary alicyclic amines) is 1. The number of aromatic nitrogens is 2. The Morgan fingerprint density at radius 1 is 1.23 bits per heavy atom. The van der Waals surface area contributed by atoms with E-state index in [1.807, 2.05) is 41.4 Å². The summed E-state index contributed by atoms with van der Waals surface area (Å²) in [5.41, 5.74) is 7.90. The van der Waals surface area contributed by atoms with Crippen LogP contribution in [0.15, 0.2) is 42.7 Å². The zero-order valence-electron chi connectivity index (χ0n) is 12.4. The molecular weight excluding hydrogens is 300 g/mol. The number of carbonyl (C=O) groups is 1. The van der Waals surface area contributed by atoms with Crippen LogP contribution in [0.1, 0.15) is 18.4 Å². The Morgan fingerprint density at radius 2 is 1.91 bits per heavy atom. The van der Waals surface area contributed by atoms with E-state index in [4.69, 9.17) is 5.73 Å². The van der Waals surface area contributed by atoms with E-state index in [2.05, 4.69) is 5.10 Å². The van der Waals surface area contributed by atoms with E-state index in [0.29, 0.717) is 6.42 Å². The summed E-state index contributed by atoms with van der Waals surface area (Å²) < 4.78 is 1.80. The van der Waals surface area contributed by atoms with Gasteiger partial charge in [-0.2, -0.15) is 5.10 Å². The molecule has 5 nitrogen and oxygen atoms in total. The first-order valence-electron chi connectivity index (χ1n) is 7.35. The van der Waals surface area contributed by atoms with Crippen LogP contribution in [0.4, 0.5) is 0 Å². The molecule has 6 heteroatoms. The van der Waals surface area contributed by atoms with Crippen molar-refractivity contribution < 1.29 is 4.79 Å². The number of carbonyl (C=O) groups excluding carboxylic acids is 1. The van der Waals surface area contributed by atoms with Crippen molar-refractivity contribution in [3.8, 4) is 5.69 Å². The molecule has 0 unspecified atom stereocenters. The summed E-state index contributed by atoms with van der Waals surface area (Å²) in [6.45, 7) is 1.57. The number of amides is 1. The number of benzene rings is 1. The van der Waals surface area contributed by atoms with Gasteiger partial charge in [0.05, 0.1) is 12.1 Å². The molecule has 22 heavy (non-hydrogen) atoms. The number of halogens is 1. The number of hydrogen-bond acceptors (Lipinski definition) is 3. The summed E-state index contributed by atoms with van der Waals surface area (Å²) in [6.07, 6.45) is 5.91. The van der Waals surface area contributed by atoms with E-state index in [0.717, 1.165) is 37.2 Å². The summed E-state index contributed by atoms with van der Waals surface area (Å²) in [4.78, 5) is 14.2. The molecule has 1 aromatic carbocycles. The fraction of sp³-hybridized carbons (Fsp3) is 0.375. The largest absolute Gasteiger partial charge is 0.342 e. The van der Waals surface area contributed by atoms with Crippen LogP contribution in [0.2, 0.25) is 0 Å². The standard InChI is InChI=1S/C16H20N4O.ClH/c17-14-6-10-19(11-7-14)16(21)12-13-2-4-15(5-3-13)20-9-1-8-18-20;/h1-5,8-9,14H,6-7,10-12,17H2;1H. The molecule has 118 valence electrons. The molecule has 1 aliphatic heterocycles. The lowest BCUT2D eigenvalue weighted by molar-refractivity contribution is -0.131. The van der Waals surface area contributed by atoms with Crippen LogP contribution in [0, 0.1) is 0 Å². The minimum absolute atomic E-state index is 0. The van der Waals surface area contributed by atoms with Gasteiger partial charge < -0.3 is 10.6 Å². The molecule has 2 N–H and O–H groups in total. The highest BCUT2D eigenvalue weighted by molar-refractivity contribution is 5.85. The lowest BCUT2D eigenvalue weighted by Crippen LogP contribution is -2.43. The van der Waals surface area contributed by atoms with Gasteiger partial charge in [0, 0.05) is 31.5 Å². The fourth-order valence-corrected chi connectivity index (χ4v) is 2.62. The summed E-state index contributed by atoms with van der Waals surface area (Å²) in [6, 6.07) is 10.1. The molecule has 0 radical (unpaired) electrons. The first-order valence-corrected chi connectivity index (χ1v) is 7.35. The molecule has 2 heterocycles. The van der Waals surface area contributed by atoms with Crippen molar-refractivity contribution in [1.29, 1.82) is 0 Å². The smallest absolute Gasteiger partial charge is 0.226 e. The van der Waals surface area contributed by atoms with E-state index in [-0.39, 0.29) is 24.4 Å².